The molecule has 0 amide bonds. The van der Waals surface area contributed by atoms with E-state index in [0.29, 0.717) is 24.6 Å². The normalized spacial score (nSPS) is 22.0. The highest BCUT2D eigenvalue weighted by Gasteiger charge is 2.28. The molecule has 5 nitrogen and oxygen atoms in total. The fourth-order valence-electron chi connectivity index (χ4n) is 2.90. The lowest BCUT2D eigenvalue weighted by Crippen LogP contribution is -2.41. The zero-order valence-corrected chi connectivity index (χ0v) is 14.1. The molecule has 0 aromatic heterocycles. The molecule has 0 bridgehead atoms. The average Bonchev–Trinajstić information content (AvgIpc) is 3.01. The molecule has 0 radical (unpaired) electrons. The molecule has 2 aliphatic rings. The van der Waals surface area contributed by atoms with Crippen LogP contribution < -0.4 is 4.74 Å². The third-order valence-electron chi connectivity index (χ3n) is 4.20. The summed E-state index contributed by atoms with van der Waals surface area (Å²) in [6, 6.07) is 6.66. The molecule has 0 N–H and O–H groups in total. The van der Waals surface area contributed by atoms with Gasteiger partial charge in [-0.15, -0.1) is 0 Å². The molecule has 1 aromatic rings. The van der Waals surface area contributed by atoms with E-state index in [0.717, 1.165) is 18.6 Å². The highest BCUT2D eigenvalue weighted by Crippen LogP contribution is 2.26. The molecule has 1 aliphatic heterocycles. The Bertz CT molecular complexity index is 626. The van der Waals surface area contributed by atoms with E-state index in [1.54, 1.807) is 24.3 Å². The maximum absolute atomic E-state index is 12.5. The Hall–Kier alpha value is -0.920. The number of benzene rings is 1. The summed E-state index contributed by atoms with van der Waals surface area (Å²) in [5, 5.41) is 0. The van der Waals surface area contributed by atoms with Gasteiger partial charge in [0.1, 0.15) is 5.75 Å². The van der Waals surface area contributed by atoms with Gasteiger partial charge in [0, 0.05) is 35.4 Å². The van der Waals surface area contributed by atoms with E-state index in [4.69, 9.17) is 4.74 Å². The van der Waals surface area contributed by atoms with Gasteiger partial charge in [0.2, 0.25) is 10.0 Å². The van der Waals surface area contributed by atoms with E-state index in [-0.39, 0.29) is 11.0 Å². The third-order valence-corrected chi connectivity index (χ3v) is 7.39. The first-order chi connectivity index (χ1) is 10.6. The first kappa shape index (κ1) is 16.0. The van der Waals surface area contributed by atoms with Crippen LogP contribution in [-0.4, -0.2) is 47.6 Å². The average molecular weight is 343 g/mol. The lowest BCUT2D eigenvalue weighted by Gasteiger charge is -2.25. The highest BCUT2D eigenvalue weighted by atomic mass is 32.2. The molecule has 0 unspecified atom stereocenters. The Morgan fingerprint density at radius 3 is 2.23 bits per heavy atom. The Labute approximate surface area is 134 Å². The van der Waals surface area contributed by atoms with Gasteiger partial charge >= 0.3 is 0 Å². The second-order valence-corrected chi connectivity index (χ2v) is 9.38. The summed E-state index contributed by atoms with van der Waals surface area (Å²) < 4.78 is 43.7. The minimum Gasteiger partial charge on any atom is -0.490 e. The summed E-state index contributed by atoms with van der Waals surface area (Å²) in [4.78, 5) is 0.277. The van der Waals surface area contributed by atoms with Gasteiger partial charge in [0.15, 0.2) is 0 Å². The summed E-state index contributed by atoms with van der Waals surface area (Å²) >= 11 is 0. The molecule has 122 valence electrons. The molecular formula is C15H21NO4S2. The zero-order chi connectivity index (χ0) is 15.6. The molecule has 22 heavy (non-hydrogen) atoms. The molecule has 0 spiro atoms. The van der Waals surface area contributed by atoms with E-state index >= 15 is 0 Å². The number of nitrogens with zero attached hydrogens (tertiary/aromatic N) is 1. The highest BCUT2D eigenvalue weighted by molar-refractivity contribution is 7.89. The predicted molar refractivity (Wildman–Crippen MR) is 86.0 cm³/mol. The minimum atomic E-state index is -3.49. The van der Waals surface area contributed by atoms with Gasteiger partial charge in [-0.25, -0.2) is 8.42 Å². The summed E-state index contributed by atoms with van der Waals surface area (Å²) in [6.07, 6.45) is 4.82. The molecule has 0 atom stereocenters. The standard InChI is InChI=1S/C15H21NO4S2/c17-21-11-9-16(10-12-21)22(18,19)15-7-5-14(6-8-15)20-13-3-1-2-4-13/h5-8,13H,1-4,9-12H2. The third kappa shape index (κ3) is 3.52. The largest absolute Gasteiger partial charge is 0.490 e. The van der Waals surface area contributed by atoms with Crippen molar-refractivity contribution >= 4 is 20.8 Å². The molecule has 1 heterocycles. The Kier molecular flexibility index (Phi) is 4.84. The van der Waals surface area contributed by atoms with Gasteiger partial charge in [-0.05, 0) is 49.9 Å². The molecule has 1 saturated carbocycles. The Morgan fingerprint density at radius 2 is 1.64 bits per heavy atom. The van der Waals surface area contributed by atoms with Crippen molar-refractivity contribution in [3.05, 3.63) is 24.3 Å². The van der Waals surface area contributed by atoms with Gasteiger partial charge < -0.3 is 4.74 Å². The number of rotatable bonds is 4. The van der Waals surface area contributed by atoms with Crippen LogP contribution in [0.1, 0.15) is 25.7 Å². The van der Waals surface area contributed by atoms with Crippen molar-refractivity contribution in [1.82, 2.24) is 4.31 Å². The SMILES string of the molecule is O=S1CCN(S(=O)(=O)c2ccc(OC3CCCC3)cc2)CC1. The van der Waals surface area contributed by atoms with Crippen molar-refractivity contribution in [1.29, 1.82) is 0 Å². The van der Waals surface area contributed by atoms with Crippen molar-refractivity contribution in [3.8, 4) is 5.75 Å². The fraction of sp³-hybridized carbons (Fsp3) is 0.600. The molecular weight excluding hydrogens is 322 g/mol. The summed E-state index contributed by atoms with van der Waals surface area (Å²) in [7, 11) is -4.37. The van der Waals surface area contributed by atoms with Crippen molar-refractivity contribution in [3.63, 3.8) is 0 Å². The van der Waals surface area contributed by atoms with E-state index < -0.39 is 20.8 Å². The first-order valence-corrected chi connectivity index (χ1v) is 10.6. The number of hydrogen-bond donors (Lipinski definition) is 0. The lowest BCUT2D eigenvalue weighted by atomic mass is 10.3. The Balaban J connectivity index is 1.69. The van der Waals surface area contributed by atoms with Crippen LogP contribution in [-0.2, 0) is 20.8 Å². The van der Waals surface area contributed by atoms with Crippen LogP contribution in [0.2, 0.25) is 0 Å². The van der Waals surface area contributed by atoms with Crippen LogP contribution in [0.15, 0.2) is 29.2 Å². The van der Waals surface area contributed by atoms with Crippen LogP contribution in [0.3, 0.4) is 0 Å². The van der Waals surface area contributed by atoms with E-state index in [1.807, 2.05) is 0 Å². The monoisotopic (exact) mass is 343 g/mol. The van der Waals surface area contributed by atoms with Gasteiger partial charge in [-0.1, -0.05) is 0 Å². The number of hydrogen-bond acceptors (Lipinski definition) is 4. The second-order valence-electron chi connectivity index (χ2n) is 5.75. The van der Waals surface area contributed by atoms with Crippen LogP contribution in [0.5, 0.6) is 5.75 Å². The van der Waals surface area contributed by atoms with E-state index in [9.17, 15) is 12.6 Å². The number of sulfonamides is 1. The molecule has 3 rings (SSSR count). The van der Waals surface area contributed by atoms with E-state index in [1.165, 1.54) is 17.1 Å². The summed E-state index contributed by atoms with van der Waals surface area (Å²) in [6.45, 7) is 0.657. The second kappa shape index (κ2) is 6.68. The van der Waals surface area contributed by atoms with Crippen LogP contribution >= 0.6 is 0 Å². The van der Waals surface area contributed by atoms with Crippen molar-refractivity contribution < 1.29 is 17.4 Å². The zero-order valence-electron chi connectivity index (χ0n) is 12.4. The van der Waals surface area contributed by atoms with Gasteiger partial charge in [0.25, 0.3) is 0 Å². The fourth-order valence-corrected chi connectivity index (χ4v) is 5.62. The van der Waals surface area contributed by atoms with Crippen molar-refractivity contribution in [2.45, 2.75) is 36.7 Å². The predicted octanol–water partition coefficient (Wildman–Crippen LogP) is 1.76. The maximum Gasteiger partial charge on any atom is 0.243 e. The van der Waals surface area contributed by atoms with Gasteiger partial charge in [0.05, 0.1) is 11.0 Å². The maximum atomic E-state index is 12.5. The van der Waals surface area contributed by atoms with Gasteiger partial charge in [-0.3, -0.25) is 4.21 Å². The van der Waals surface area contributed by atoms with Crippen molar-refractivity contribution in [2.24, 2.45) is 0 Å². The smallest absolute Gasteiger partial charge is 0.243 e. The molecule has 1 aromatic carbocycles. The van der Waals surface area contributed by atoms with Crippen molar-refractivity contribution in [2.75, 3.05) is 24.6 Å². The lowest BCUT2D eigenvalue weighted by molar-refractivity contribution is 0.210. The first-order valence-electron chi connectivity index (χ1n) is 7.67. The van der Waals surface area contributed by atoms with Crippen LogP contribution in [0.25, 0.3) is 0 Å². The molecule has 1 saturated heterocycles. The number of ether oxygens (including phenoxy) is 1. The Morgan fingerprint density at radius 1 is 1.05 bits per heavy atom. The van der Waals surface area contributed by atoms with Gasteiger partial charge in [-0.2, -0.15) is 4.31 Å². The summed E-state index contributed by atoms with van der Waals surface area (Å²) in [5.41, 5.74) is 0. The molecule has 1 aliphatic carbocycles. The van der Waals surface area contributed by atoms with Crippen LogP contribution in [0.4, 0.5) is 0 Å². The van der Waals surface area contributed by atoms with Crippen LogP contribution in [0, 0.1) is 0 Å². The van der Waals surface area contributed by atoms with E-state index in [2.05, 4.69) is 0 Å². The molecule has 2 fully saturated rings. The minimum absolute atomic E-state index is 0.263. The molecule has 7 heteroatoms. The topological polar surface area (TPSA) is 63.7 Å². The summed E-state index contributed by atoms with van der Waals surface area (Å²) in [5.74, 6) is 1.56. The quantitative estimate of drug-likeness (QED) is 0.836.